The Hall–Kier alpha value is -2.61. The molecular weight excluding hydrogens is 350 g/mol. The quantitative estimate of drug-likeness (QED) is 0.615. The number of anilines is 3. The van der Waals surface area contributed by atoms with Gasteiger partial charge in [-0.15, -0.1) is 0 Å². The number of nitrogens with zero attached hydrogens (tertiary/aromatic N) is 2. The molecule has 3 aromatic rings. The molecular formula is C18H21N5O2S. The summed E-state index contributed by atoms with van der Waals surface area (Å²) in [6, 6.07) is 9.73. The van der Waals surface area contributed by atoms with Crippen molar-refractivity contribution >= 4 is 38.3 Å². The van der Waals surface area contributed by atoms with Crippen molar-refractivity contribution in [3.63, 3.8) is 0 Å². The Balaban J connectivity index is 1.61. The highest BCUT2D eigenvalue weighted by Crippen LogP contribution is 2.28. The van der Waals surface area contributed by atoms with Gasteiger partial charge in [0.25, 0.3) is 0 Å². The number of aromatic amines is 1. The monoisotopic (exact) mass is 371 g/mol. The van der Waals surface area contributed by atoms with E-state index in [1.807, 2.05) is 30.5 Å². The molecule has 0 spiro atoms. The Morgan fingerprint density at radius 3 is 2.81 bits per heavy atom. The first-order valence-electron chi connectivity index (χ1n) is 8.62. The lowest BCUT2D eigenvalue weighted by atomic mass is 9.93. The summed E-state index contributed by atoms with van der Waals surface area (Å²) in [4.78, 5) is 12.3. The largest absolute Gasteiger partial charge is 0.367 e. The number of benzene rings is 1. The van der Waals surface area contributed by atoms with Crippen LogP contribution in [-0.2, 0) is 15.6 Å². The van der Waals surface area contributed by atoms with Gasteiger partial charge < -0.3 is 15.6 Å². The number of H-pyrrole nitrogens is 1. The predicted octanol–water partition coefficient (Wildman–Crippen LogP) is 3.21. The van der Waals surface area contributed by atoms with E-state index in [1.54, 1.807) is 6.07 Å². The van der Waals surface area contributed by atoms with E-state index in [4.69, 9.17) is 0 Å². The van der Waals surface area contributed by atoms with Crippen molar-refractivity contribution in [1.82, 2.24) is 15.0 Å². The lowest BCUT2D eigenvalue weighted by Crippen LogP contribution is -2.27. The molecule has 1 aromatic carbocycles. The third kappa shape index (κ3) is 3.80. The summed E-state index contributed by atoms with van der Waals surface area (Å²) in [5.41, 5.74) is 2.24. The Bertz CT molecular complexity index is 1040. The second-order valence-corrected chi connectivity index (χ2v) is 8.94. The molecule has 7 nitrogen and oxygen atoms in total. The standard InChI is InChI=1S/C18H21N5O2S/c1-26(24,25)11-12-4-2-7-14(10-12)21-18-22-16-15(8-9-19-16)17(23-18)20-13-5-3-6-13/h2,4,7-10,13H,3,5-6,11H2,1H3,(H3,19,20,21,22,23). The van der Waals surface area contributed by atoms with Crippen molar-refractivity contribution in [3.8, 4) is 0 Å². The maximum Gasteiger partial charge on any atom is 0.231 e. The Morgan fingerprint density at radius 2 is 2.08 bits per heavy atom. The van der Waals surface area contributed by atoms with Crippen LogP contribution < -0.4 is 10.6 Å². The number of sulfone groups is 1. The smallest absolute Gasteiger partial charge is 0.231 e. The van der Waals surface area contributed by atoms with E-state index in [1.165, 1.54) is 12.7 Å². The van der Waals surface area contributed by atoms with Crippen LogP contribution in [0.3, 0.4) is 0 Å². The van der Waals surface area contributed by atoms with E-state index in [-0.39, 0.29) is 5.75 Å². The van der Waals surface area contributed by atoms with Crippen molar-refractivity contribution in [2.45, 2.75) is 31.1 Å². The third-order valence-electron chi connectivity index (χ3n) is 4.47. The molecule has 0 bridgehead atoms. The molecule has 26 heavy (non-hydrogen) atoms. The van der Waals surface area contributed by atoms with Crippen molar-refractivity contribution in [2.24, 2.45) is 0 Å². The van der Waals surface area contributed by atoms with Gasteiger partial charge in [0.2, 0.25) is 5.95 Å². The molecule has 1 fully saturated rings. The van der Waals surface area contributed by atoms with Crippen LogP contribution in [-0.4, -0.2) is 35.7 Å². The maximum atomic E-state index is 11.5. The number of nitrogens with one attached hydrogen (secondary N) is 3. The SMILES string of the molecule is CS(=O)(=O)Cc1cccc(Nc2nc(NC3CCC3)c3cc[nH]c3n2)c1. The molecule has 1 saturated carbocycles. The molecule has 2 heterocycles. The Morgan fingerprint density at radius 1 is 1.23 bits per heavy atom. The molecule has 1 aliphatic rings. The van der Waals surface area contributed by atoms with Gasteiger partial charge in [-0.2, -0.15) is 9.97 Å². The number of aromatic nitrogens is 3. The van der Waals surface area contributed by atoms with Crippen LogP contribution in [0.1, 0.15) is 24.8 Å². The first kappa shape index (κ1) is 16.8. The van der Waals surface area contributed by atoms with Crippen molar-refractivity contribution < 1.29 is 8.42 Å². The van der Waals surface area contributed by atoms with Crippen molar-refractivity contribution in [3.05, 3.63) is 42.1 Å². The molecule has 4 rings (SSSR count). The highest BCUT2D eigenvalue weighted by atomic mass is 32.2. The number of fused-ring (bicyclic) bond motifs is 1. The van der Waals surface area contributed by atoms with Crippen molar-refractivity contribution in [1.29, 1.82) is 0 Å². The van der Waals surface area contributed by atoms with Crippen LogP contribution in [0.5, 0.6) is 0 Å². The number of rotatable bonds is 6. The molecule has 8 heteroatoms. The Labute approximate surface area is 152 Å². The fraction of sp³-hybridized carbons (Fsp3) is 0.333. The highest BCUT2D eigenvalue weighted by Gasteiger charge is 2.19. The van der Waals surface area contributed by atoms with E-state index in [0.29, 0.717) is 12.0 Å². The summed E-state index contributed by atoms with van der Waals surface area (Å²) in [5, 5.41) is 7.64. The van der Waals surface area contributed by atoms with E-state index in [0.717, 1.165) is 40.9 Å². The summed E-state index contributed by atoms with van der Waals surface area (Å²) in [5.74, 6) is 1.29. The summed E-state index contributed by atoms with van der Waals surface area (Å²) < 4.78 is 23.0. The minimum absolute atomic E-state index is 0.00747. The molecule has 3 N–H and O–H groups in total. The average molecular weight is 371 g/mol. The third-order valence-corrected chi connectivity index (χ3v) is 5.33. The topological polar surface area (TPSA) is 99.8 Å². The van der Waals surface area contributed by atoms with Gasteiger partial charge in [0.05, 0.1) is 11.1 Å². The van der Waals surface area contributed by atoms with Crippen LogP contribution in [0.4, 0.5) is 17.5 Å². The van der Waals surface area contributed by atoms with E-state index < -0.39 is 9.84 Å². The van der Waals surface area contributed by atoms with Gasteiger partial charge in [0.1, 0.15) is 11.5 Å². The average Bonchev–Trinajstić information content (AvgIpc) is 2.98. The van der Waals surface area contributed by atoms with Gasteiger partial charge in [-0.05, 0) is 43.0 Å². The number of hydrogen-bond donors (Lipinski definition) is 3. The second kappa shape index (κ2) is 6.60. The van der Waals surface area contributed by atoms with Crippen LogP contribution in [0, 0.1) is 0 Å². The number of hydrogen-bond acceptors (Lipinski definition) is 6. The fourth-order valence-electron chi connectivity index (χ4n) is 3.02. The molecule has 2 aromatic heterocycles. The first-order chi connectivity index (χ1) is 12.5. The lowest BCUT2D eigenvalue weighted by Gasteiger charge is -2.27. The lowest BCUT2D eigenvalue weighted by molar-refractivity contribution is 0.445. The van der Waals surface area contributed by atoms with E-state index in [2.05, 4.69) is 25.6 Å². The van der Waals surface area contributed by atoms with Crippen LogP contribution in [0.2, 0.25) is 0 Å². The highest BCUT2D eigenvalue weighted by molar-refractivity contribution is 7.89. The molecule has 0 aliphatic heterocycles. The normalized spacial score (nSPS) is 15.0. The van der Waals surface area contributed by atoms with Crippen molar-refractivity contribution in [2.75, 3.05) is 16.9 Å². The van der Waals surface area contributed by atoms with Gasteiger partial charge in [-0.3, -0.25) is 0 Å². The fourth-order valence-corrected chi connectivity index (χ4v) is 3.81. The summed E-state index contributed by atoms with van der Waals surface area (Å²) in [6.07, 6.45) is 6.64. The zero-order chi connectivity index (χ0) is 18.1. The van der Waals surface area contributed by atoms with Crippen LogP contribution in [0.25, 0.3) is 11.0 Å². The Kier molecular flexibility index (Phi) is 4.28. The molecule has 0 radical (unpaired) electrons. The zero-order valence-electron chi connectivity index (χ0n) is 14.5. The molecule has 0 saturated heterocycles. The summed E-state index contributed by atoms with van der Waals surface area (Å²) in [6.45, 7) is 0. The summed E-state index contributed by atoms with van der Waals surface area (Å²) in [7, 11) is -3.08. The molecule has 1 aliphatic carbocycles. The minimum atomic E-state index is -3.08. The van der Waals surface area contributed by atoms with Gasteiger partial charge in [-0.1, -0.05) is 12.1 Å². The molecule has 0 amide bonds. The van der Waals surface area contributed by atoms with Gasteiger partial charge in [0, 0.05) is 24.2 Å². The molecule has 0 unspecified atom stereocenters. The molecule has 136 valence electrons. The van der Waals surface area contributed by atoms with Crippen LogP contribution >= 0.6 is 0 Å². The molecule has 0 atom stereocenters. The zero-order valence-corrected chi connectivity index (χ0v) is 15.3. The first-order valence-corrected chi connectivity index (χ1v) is 10.7. The van der Waals surface area contributed by atoms with Gasteiger partial charge in [0.15, 0.2) is 9.84 Å². The maximum absolute atomic E-state index is 11.5. The second-order valence-electron chi connectivity index (χ2n) is 6.80. The summed E-state index contributed by atoms with van der Waals surface area (Å²) >= 11 is 0. The van der Waals surface area contributed by atoms with E-state index >= 15 is 0 Å². The van der Waals surface area contributed by atoms with Gasteiger partial charge in [-0.25, -0.2) is 8.42 Å². The predicted molar refractivity (Wildman–Crippen MR) is 103 cm³/mol. The minimum Gasteiger partial charge on any atom is -0.367 e. The van der Waals surface area contributed by atoms with Crippen LogP contribution in [0.15, 0.2) is 36.5 Å². The van der Waals surface area contributed by atoms with Gasteiger partial charge >= 0.3 is 0 Å². The van der Waals surface area contributed by atoms with E-state index in [9.17, 15) is 8.42 Å².